The zero-order valence-corrected chi connectivity index (χ0v) is 14.8. The van der Waals surface area contributed by atoms with Gasteiger partial charge in [-0.1, -0.05) is 5.16 Å². The van der Waals surface area contributed by atoms with Crippen LogP contribution in [0.5, 0.6) is 0 Å². The summed E-state index contributed by atoms with van der Waals surface area (Å²) in [5.41, 5.74) is -1.06. The van der Waals surface area contributed by atoms with Gasteiger partial charge in [0.1, 0.15) is 24.3 Å². The molecule has 1 aromatic rings. The molecule has 0 spiro atoms. The van der Waals surface area contributed by atoms with E-state index in [-0.39, 0.29) is 10.8 Å². The molecule has 0 aliphatic rings. The summed E-state index contributed by atoms with van der Waals surface area (Å²) in [5.74, 6) is -3.63. The minimum atomic E-state index is -1.32. The molecule has 10 heteroatoms. The average Bonchev–Trinajstić information content (AvgIpc) is 2.89. The fourth-order valence-corrected chi connectivity index (χ4v) is 2.14. The number of esters is 1. The van der Waals surface area contributed by atoms with Gasteiger partial charge in [-0.25, -0.2) is 9.78 Å². The molecule has 0 aliphatic carbocycles. The maximum absolute atomic E-state index is 12.1. The second-order valence-corrected chi connectivity index (χ2v) is 6.57. The molecular formula is C14H19N3O6S. The number of anilines is 1. The number of carbonyl (C=O) groups excluding carboxylic acids is 2. The third-order valence-electron chi connectivity index (χ3n) is 2.52. The maximum atomic E-state index is 12.1. The molecule has 0 saturated heterocycles. The van der Waals surface area contributed by atoms with E-state index in [1.54, 1.807) is 20.8 Å². The number of nitrogens with zero attached hydrogens (tertiary/aromatic N) is 2. The van der Waals surface area contributed by atoms with Crippen LogP contribution in [0.2, 0.25) is 0 Å². The van der Waals surface area contributed by atoms with E-state index < -0.39 is 35.1 Å². The van der Waals surface area contributed by atoms with E-state index in [9.17, 15) is 14.4 Å². The number of carboxylic acid groups (broad SMARTS) is 1. The van der Waals surface area contributed by atoms with Crippen LogP contribution in [0.3, 0.4) is 0 Å². The van der Waals surface area contributed by atoms with Crippen LogP contribution in [0.25, 0.3) is 0 Å². The van der Waals surface area contributed by atoms with Gasteiger partial charge in [0.25, 0.3) is 0 Å². The number of thiazole rings is 1. The zero-order chi connectivity index (χ0) is 18.5. The number of hydrogen-bond acceptors (Lipinski definition) is 8. The van der Waals surface area contributed by atoms with Gasteiger partial charge < -0.3 is 20.0 Å². The molecule has 0 saturated carbocycles. The number of hydrogen-bond donors (Lipinski definition) is 2. The van der Waals surface area contributed by atoms with Crippen molar-refractivity contribution in [1.82, 2.24) is 4.98 Å². The smallest absolute Gasteiger partial charge is 0.360 e. The first kappa shape index (κ1) is 19.6. The summed E-state index contributed by atoms with van der Waals surface area (Å²) in [7, 11) is 1.21. The number of amides is 1. The van der Waals surface area contributed by atoms with Gasteiger partial charge in [0.2, 0.25) is 11.6 Å². The van der Waals surface area contributed by atoms with Crippen LogP contribution in [0, 0.1) is 5.92 Å². The van der Waals surface area contributed by atoms with Crippen molar-refractivity contribution >= 4 is 40.0 Å². The second kappa shape index (κ2) is 7.86. The van der Waals surface area contributed by atoms with Gasteiger partial charge in [0.15, 0.2) is 5.13 Å². The Morgan fingerprint density at radius 1 is 1.38 bits per heavy atom. The number of oxime groups is 1. The van der Waals surface area contributed by atoms with Crippen LogP contribution in [0.1, 0.15) is 33.4 Å². The van der Waals surface area contributed by atoms with Gasteiger partial charge in [-0.15, -0.1) is 11.3 Å². The summed E-state index contributed by atoms with van der Waals surface area (Å²) in [5, 5.41) is 16.4. The molecule has 9 nitrogen and oxygen atoms in total. The molecule has 1 amide bonds. The zero-order valence-electron chi connectivity index (χ0n) is 13.9. The first-order valence-electron chi connectivity index (χ1n) is 6.89. The molecule has 1 atom stereocenters. The Morgan fingerprint density at radius 3 is 2.50 bits per heavy atom. The van der Waals surface area contributed by atoms with Gasteiger partial charge in [0.05, 0.1) is 0 Å². The molecule has 0 radical (unpaired) electrons. The standard InChI is InChI=1S/C14H19N3O6S/c1-7(12(21)23-14(2,3)4)10(18)16-13-15-8(6-24-13)9(11(19)20)17-22-5/h6-7H,1-5H3,(H,19,20)(H,15,16,18)/b17-9-/t7-/m0/s1. The SMILES string of the molecule is CO/N=C(\C(=O)O)c1csc(NC(=O)[C@H](C)C(=O)OC(C)(C)C)n1. The highest BCUT2D eigenvalue weighted by atomic mass is 32.1. The third-order valence-corrected chi connectivity index (χ3v) is 3.27. The van der Waals surface area contributed by atoms with Crippen LogP contribution in [-0.2, 0) is 24.0 Å². The molecule has 24 heavy (non-hydrogen) atoms. The lowest BCUT2D eigenvalue weighted by Gasteiger charge is -2.21. The van der Waals surface area contributed by atoms with Gasteiger partial charge in [-0.05, 0) is 27.7 Å². The molecule has 0 aromatic carbocycles. The fraction of sp³-hybridized carbons (Fsp3) is 0.500. The van der Waals surface area contributed by atoms with E-state index in [0.717, 1.165) is 11.3 Å². The van der Waals surface area contributed by atoms with Crippen LogP contribution in [0.15, 0.2) is 10.5 Å². The van der Waals surface area contributed by atoms with Crippen molar-refractivity contribution in [2.24, 2.45) is 11.1 Å². The Kier molecular flexibility index (Phi) is 6.41. The normalized spacial score (nSPS) is 13.1. The van der Waals surface area contributed by atoms with E-state index in [1.165, 1.54) is 19.4 Å². The van der Waals surface area contributed by atoms with Crippen LogP contribution >= 0.6 is 11.3 Å². The van der Waals surface area contributed by atoms with Crippen molar-refractivity contribution in [3.05, 3.63) is 11.1 Å². The maximum Gasteiger partial charge on any atom is 0.360 e. The number of carbonyl (C=O) groups is 3. The van der Waals surface area contributed by atoms with Crippen molar-refractivity contribution < 1.29 is 29.1 Å². The first-order chi connectivity index (χ1) is 11.0. The largest absolute Gasteiger partial charge is 0.476 e. The molecule has 0 bridgehead atoms. The number of aromatic nitrogens is 1. The van der Waals surface area contributed by atoms with Crippen LogP contribution in [0.4, 0.5) is 5.13 Å². The van der Waals surface area contributed by atoms with Gasteiger partial charge in [0, 0.05) is 5.38 Å². The van der Waals surface area contributed by atoms with Crippen molar-refractivity contribution in [2.75, 3.05) is 12.4 Å². The summed E-state index contributed by atoms with van der Waals surface area (Å²) in [6.45, 7) is 6.51. The fourth-order valence-electron chi connectivity index (χ4n) is 1.44. The molecule has 0 aliphatic heterocycles. The Balaban J connectivity index is 2.80. The molecule has 1 aromatic heterocycles. The molecule has 0 unspecified atom stereocenters. The Labute approximate surface area is 142 Å². The van der Waals surface area contributed by atoms with E-state index in [0.29, 0.717) is 0 Å². The molecule has 1 heterocycles. The number of ether oxygens (including phenoxy) is 1. The van der Waals surface area contributed by atoms with Crippen LogP contribution in [-0.4, -0.2) is 46.4 Å². The topological polar surface area (TPSA) is 127 Å². The van der Waals surface area contributed by atoms with Crippen molar-refractivity contribution in [1.29, 1.82) is 0 Å². The summed E-state index contributed by atoms with van der Waals surface area (Å²) in [6, 6.07) is 0. The van der Waals surface area contributed by atoms with Crippen molar-refractivity contribution in [2.45, 2.75) is 33.3 Å². The number of rotatable bonds is 6. The predicted molar refractivity (Wildman–Crippen MR) is 86.9 cm³/mol. The highest BCUT2D eigenvalue weighted by Gasteiger charge is 2.28. The number of carboxylic acids is 1. The summed E-state index contributed by atoms with van der Waals surface area (Å²) in [6.07, 6.45) is 0. The van der Waals surface area contributed by atoms with Gasteiger partial charge in [-0.2, -0.15) is 0 Å². The quantitative estimate of drug-likeness (QED) is 0.342. The lowest BCUT2D eigenvalue weighted by Crippen LogP contribution is -2.34. The molecule has 2 N–H and O–H groups in total. The lowest BCUT2D eigenvalue weighted by molar-refractivity contribution is -0.160. The minimum Gasteiger partial charge on any atom is -0.476 e. The summed E-state index contributed by atoms with van der Waals surface area (Å²) in [4.78, 5) is 43.4. The number of nitrogens with one attached hydrogen (secondary N) is 1. The minimum absolute atomic E-state index is 0.0366. The molecule has 1 rings (SSSR count). The second-order valence-electron chi connectivity index (χ2n) is 5.71. The lowest BCUT2D eigenvalue weighted by atomic mass is 10.1. The van der Waals surface area contributed by atoms with E-state index >= 15 is 0 Å². The Morgan fingerprint density at radius 2 is 2.00 bits per heavy atom. The Hall–Kier alpha value is -2.49. The van der Waals surface area contributed by atoms with Crippen molar-refractivity contribution in [3.8, 4) is 0 Å². The third kappa shape index (κ3) is 5.61. The van der Waals surface area contributed by atoms with Gasteiger partial charge >= 0.3 is 11.9 Å². The summed E-state index contributed by atoms with van der Waals surface area (Å²) < 4.78 is 5.14. The van der Waals surface area contributed by atoms with E-state index in [2.05, 4.69) is 20.3 Å². The first-order valence-corrected chi connectivity index (χ1v) is 7.77. The Bertz CT molecular complexity index is 662. The summed E-state index contributed by atoms with van der Waals surface area (Å²) >= 11 is 0.997. The van der Waals surface area contributed by atoms with E-state index in [4.69, 9.17) is 9.84 Å². The average molecular weight is 357 g/mol. The highest BCUT2D eigenvalue weighted by molar-refractivity contribution is 7.14. The molecule has 0 fully saturated rings. The predicted octanol–water partition coefficient (Wildman–Crippen LogP) is 1.49. The van der Waals surface area contributed by atoms with Crippen LogP contribution < -0.4 is 5.32 Å². The highest BCUT2D eigenvalue weighted by Crippen LogP contribution is 2.18. The monoisotopic (exact) mass is 357 g/mol. The van der Waals surface area contributed by atoms with E-state index in [1.807, 2.05) is 0 Å². The van der Waals surface area contributed by atoms with Gasteiger partial charge in [-0.3, -0.25) is 9.59 Å². The number of aliphatic carboxylic acids is 1. The molecular weight excluding hydrogens is 338 g/mol. The van der Waals surface area contributed by atoms with Crippen molar-refractivity contribution in [3.63, 3.8) is 0 Å². The molecule has 132 valence electrons.